The third-order valence-corrected chi connectivity index (χ3v) is 8.02. The first kappa shape index (κ1) is 26.9. The van der Waals surface area contributed by atoms with Crippen molar-refractivity contribution in [3.63, 3.8) is 0 Å². The van der Waals surface area contributed by atoms with Crippen LogP contribution in [0.2, 0.25) is 0 Å². The molecule has 0 aromatic heterocycles. The summed E-state index contributed by atoms with van der Waals surface area (Å²) < 4.78 is 2.98. The summed E-state index contributed by atoms with van der Waals surface area (Å²) in [7, 11) is 0. The molecule has 0 unspecified atom stereocenters. The van der Waals surface area contributed by atoms with E-state index in [1.165, 1.54) is 11.1 Å². The zero-order valence-electron chi connectivity index (χ0n) is 20.9. The van der Waals surface area contributed by atoms with Gasteiger partial charge in [-0.1, -0.05) is 45.0 Å². The van der Waals surface area contributed by atoms with E-state index in [2.05, 4.69) is 27.0 Å². The van der Waals surface area contributed by atoms with Gasteiger partial charge in [0.1, 0.15) is 6.04 Å². The van der Waals surface area contributed by atoms with Crippen molar-refractivity contribution in [2.24, 2.45) is 5.92 Å². The number of likely N-dealkylation sites (tertiary alicyclic amines) is 1. The molecule has 1 aromatic carbocycles. The SMILES string of the molecule is CC[C@H](NI)C(=O)N[C@H](C(=O)N1CCC[C@H]1CN(C(C)=O)[C@@H]1CCCc2ccccc21)C(C)C. The van der Waals surface area contributed by atoms with Gasteiger partial charge in [-0.05, 0) is 55.6 Å². The van der Waals surface area contributed by atoms with E-state index >= 15 is 0 Å². The van der Waals surface area contributed by atoms with E-state index < -0.39 is 6.04 Å². The summed E-state index contributed by atoms with van der Waals surface area (Å²) in [6.45, 7) is 8.71. The van der Waals surface area contributed by atoms with Crippen LogP contribution in [0.5, 0.6) is 0 Å². The number of hydrogen-bond donors (Lipinski definition) is 2. The van der Waals surface area contributed by atoms with Crippen molar-refractivity contribution in [2.75, 3.05) is 13.1 Å². The second kappa shape index (κ2) is 12.3. The lowest BCUT2D eigenvalue weighted by Crippen LogP contribution is -2.56. The summed E-state index contributed by atoms with van der Waals surface area (Å²) in [5, 5.41) is 2.99. The number of aryl methyl sites for hydroxylation is 1. The Balaban J connectivity index is 1.77. The van der Waals surface area contributed by atoms with E-state index in [-0.39, 0.29) is 41.8 Å². The number of carbonyl (C=O) groups excluding carboxylic acids is 3. The highest BCUT2D eigenvalue weighted by molar-refractivity contribution is 14.1. The number of rotatable bonds is 9. The Morgan fingerprint density at radius 3 is 2.56 bits per heavy atom. The second-order valence-corrected chi connectivity index (χ2v) is 10.5. The van der Waals surface area contributed by atoms with E-state index in [0.29, 0.717) is 19.5 Å². The highest BCUT2D eigenvalue weighted by atomic mass is 127. The van der Waals surface area contributed by atoms with Crippen molar-refractivity contribution in [2.45, 2.75) is 90.4 Å². The van der Waals surface area contributed by atoms with Crippen LogP contribution in [-0.2, 0) is 20.8 Å². The van der Waals surface area contributed by atoms with Crippen LogP contribution in [0, 0.1) is 5.92 Å². The quantitative estimate of drug-likeness (QED) is 0.343. The minimum absolute atomic E-state index is 0.0291. The van der Waals surface area contributed by atoms with Gasteiger partial charge >= 0.3 is 0 Å². The lowest BCUT2D eigenvalue weighted by atomic mass is 9.86. The van der Waals surface area contributed by atoms with Crippen molar-refractivity contribution in [1.29, 1.82) is 0 Å². The van der Waals surface area contributed by atoms with Crippen LogP contribution in [0.1, 0.15) is 77.0 Å². The molecular formula is C26H39IN4O3. The Kier molecular flexibility index (Phi) is 9.76. The van der Waals surface area contributed by atoms with Crippen LogP contribution in [-0.4, -0.2) is 58.7 Å². The summed E-state index contributed by atoms with van der Waals surface area (Å²) in [5.41, 5.74) is 2.56. The van der Waals surface area contributed by atoms with Crippen LogP contribution >= 0.6 is 22.9 Å². The molecule has 1 saturated heterocycles. The van der Waals surface area contributed by atoms with Gasteiger partial charge < -0.3 is 15.1 Å². The van der Waals surface area contributed by atoms with Gasteiger partial charge in [0.25, 0.3) is 0 Å². The monoisotopic (exact) mass is 582 g/mol. The Morgan fingerprint density at radius 1 is 1.18 bits per heavy atom. The van der Waals surface area contributed by atoms with Crippen molar-refractivity contribution in [1.82, 2.24) is 18.6 Å². The van der Waals surface area contributed by atoms with Crippen LogP contribution in [0.25, 0.3) is 0 Å². The number of fused-ring (bicyclic) bond motifs is 1. The molecule has 4 atom stereocenters. The summed E-state index contributed by atoms with van der Waals surface area (Å²) >= 11 is 1.98. The molecule has 0 saturated carbocycles. The predicted octanol–water partition coefficient (Wildman–Crippen LogP) is 3.76. The molecule has 1 heterocycles. The van der Waals surface area contributed by atoms with Gasteiger partial charge in [0.15, 0.2) is 0 Å². The fourth-order valence-electron chi connectivity index (χ4n) is 5.33. The summed E-state index contributed by atoms with van der Waals surface area (Å²) in [5.74, 6) is -0.169. The maximum absolute atomic E-state index is 13.6. The third kappa shape index (κ3) is 6.11. The van der Waals surface area contributed by atoms with Gasteiger partial charge in [0.2, 0.25) is 17.7 Å². The first-order valence-electron chi connectivity index (χ1n) is 12.6. The van der Waals surface area contributed by atoms with E-state index in [1.807, 2.05) is 59.5 Å². The zero-order valence-corrected chi connectivity index (χ0v) is 23.0. The summed E-state index contributed by atoms with van der Waals surface area (Å²) in [4.78, 5) is 43.0. The Morgan fingerprint density at radius 2 is 1.91 bits per heavy atom. The predicted molar refractivity (Wildman–Crippen MR) is 142 cm³/mol. The third-order valence-electron chi connectivity index (χ3n) is 7.27. The zero-order chi connectivity index (χ0) is 24.8. The number of nitrogens with one attached hydrogen (secondary N) is 2. The fourth-order valence-corrected chi connectivity index (χ4v) is 6.05. The van der Waals surface area contributed by atoms with Crippen molar-refractivity contribution >= 4 is 40.6 Å². The minimum atomic E-state index is -0.576. The normalized spacial score (nSPS) is 21.6. The number of nitrogens with zero attached hydrogens (tertiary/aromatic N) is 2. The maximum atomic E-state index is 13.6. The molecule has 1 aliphatic carbocycles. The van der Waals surface area contributed by atoms with Gasteiger partial charge in [0, 0.05) is 48.9 Å². The Bertz CT molecular complexity index is 873. The summed E-state index contributed by atoms with van der Waals surface area (Å²) in [6.07, 6.45) is 5.49. The summed E-state index contributed by atoms with van der Waals surface area (Å²) in [6, 6.07) is 7.53. The molecular weight excluding hydrogens is 543 g/mol. The molecule has 3 amide bonds. The minimum Gasteiger partial charge on any atom is -0.343 e. The largest absolute Gasteiger partial charge is 0.343 e. The fraction of sp³-hybridized carbons (Fsp3) is 0.654. The van der Waals surface area contributed by atoms with Crippen molar-refractivity contribution < 1.29 is 14.4 Å². The molecule has 0 radical (unpaired) electrons. The molecule has 2 N–H and O–H groups in total. The first-order chi connectivity index (χ1) is 16.3. The number of benzene rings is 1. The highest BCUT2D eigenvalue weighted by Gasteiger charge is 2.38. The number of hydrogen-bond acceptors (Lipinski definition) is 4. The Labute approximate surface area is 217 Å². The van der Waals surface area contributed by atoms with Gasteiger partial charge in [-0.3, -0.25) is 14.4 Å². The lowest BCUT2D eigenvalue weighted by molar-refractivity contribution is -0.141. The van der Waals surface area contributed by atoms with Crippen molar-refractivity contribution in [3.8, 4) is 0 Å². The van der Waals surface area contributed by atoms with Crippen LogP contribution in [0.15, 0.2) is 24.3 Å². The molecule has 2 aliphatic rings. The molecule has 3 rings (SSSR count). The number of carbonyl (C=O) groups is 3. The molecule has 7 nitrogen and oxygen atoms in total. The van der Waals surface area contributed by atoms with Gasteiger partial charge in [0.05, 0.1) is 12.1 Å². The molecule has 0 spiro atoms. The highest BCUT2D eigenvalue weighted by Crippen LogP contribution is 2.35. The lowest BCUT2D eigenvalue weighted by Gasteiger charge is -2.39. The van der Waals surface area contributed by atoms with Gasteiger partial charge in [-0.2, -0.15) is 0 Å². The topological polar surface area (TPSA) is 81.8 Å². The standard InChI is InChI=1S/C26H39IN4O3/c1-5-22(29-27)25(33)28-24(17(2)3)26(34)30-15-9-12-20(30)16-31(18(4)32)23-14-8-11-19-10-6-7-13-21(19)23/h6-7,10,13,17,20,22-24,29H,5,8-9,11-12,14-16H2,1-4H3,(H,28,33)/t20-,22-,23+,24-/m0/s1. The van der Waals surface area contributed by atoms with E-state index in [1.54, 1.807) is 6.92 Å². The second-order valence-electron chi connectivity index (χ2n) is 9.91. The molecule has 8 heteroatoms. The van der Waals surface area contributed by atoms with Gasteiger partial charge in [-0.15, -0.1) is 0 Å². The van der Waals surface area contributed by atoms with Crippen molar-refractivity contribution in [3.05, 3.63) is 35.4 Å². The smallest absolute Gasteiger partial charge is 0.245 e. The molecule has 1 fully saturated rings. The average molecular weight is 583 g/mol. The van der Waals surface area contributed by atoms with Crippen LogP contribution in [0.4, 0.5) is 0 Å². The van der Waals surface area contributed by atoms with Crippen LogP contribution in [0.3, 0.4) is 0 Å². The van der Waals surface area contributed by atoms with E-state index in [9.17, 15) is 14.4 Å². The molecule has 188 valence electrons. The van der Waals surface area contributed by atoms with Crippen LogP contribution < -0.4 is 8.85 Å². The maximum Gasteiger partial charge on any atom is 0.245 e. The average Bonchev–Trinajstić information content (AvgIpc) is 3.29. The van der Waals surface area contributed by atoms with E-state index in [0.717, 1.165) is 32.1 Å². The number of amides is 3. The molecule has 34 heavy (non-hydrogen) atoms. The Hall–Kier alpha value is -1.68. The van der Waals surface area contributed by atoms with E-state index in [4.69, 9.17) is 0 Å². The molecule has 1 aromatic rings. The first-order valence-corrected chi connectivity index (χ1v) is 13.7. The molecule has 1 aliphatic heterocycles. The molecule has 0 bridgehead atoms. The number of halogens is 1. The van der Waals surface area contributed by atoms with Gasteiger partial charge in [-0.25, -0.2) is 3.53 Å².